The molecule has 3 atom stereocenters. The number of hydrogen-bond acceptors (Lipinski definition) is 0. The van der Waals surface area contributed by atoms with Gasteiger partial charge in [0.2, 0.25) is 0 Å². The lowest BCUT2D eigenvalue weighted by Crippen LogP contribution is -2.35. The summed E-state index contributed by atoms with van der Waals surface area (Å²) in [5.74, 6) is 4.32. The molecule has 0 spiro atoms. The molecule has 2 bridgehead atoms. The first-order valence-electron chi connectivity index (χ1n) is 6.28. The van der Waals surface area contributed by atoms with Crippen LogP contribution in [-0.2, 0) is 0 Å². The first-order chi connectivity index (χ1) is 6.43. The van der Waals surface area contributed by atoms with Crippen LogP contribution < -0.4 is 0 Å². The number of rotatable bonds is 1. The minimum absolute atomic E-state index is 1.02. The molecule has 2 saturated heterocycles. The lowest BCUT2D eigenvalue weighted by molar-refractivity contribution is 0.161. The fourth-order valence-electron chi connectivity index (χ4n) is 3.83. The summed E-state index contributed by atoms with van der Waals surface area (Å²) in [5, 5.41) is 0. The molecule has 1 aliphatic carbocycles. The van der Waals surface area contributed by atoms with Gasteiger partial charge >= 0.3 is 0 Å². The molecule has 0 aromatic heterocycles. The van der Waals surface area contributed by atoms with Gasteiger partial charge in [0.15, 0.2) is 0 Å². The Hall–Kier alpha value is 0.0649. The van der Waals surface area contributed by atoms with Crippen molar-refractivity contribution in [3.8, 4) is 0 Å². The quantitative estimate of drug-likeness (QED) is 0.533. The van der Waals surface area contributed by atoms with Crippen molar-refractivity contribution in [2.24, 2.45) is 11.8 Å². The lowest BCUT2D eigenvalue weighted by Gasteiger charge is -2.46. The van der Waals surface area contributed by atoms with Crippen LogP contribution in [0.5, 0.6) is 0 Å². The zero-order chi connectivity index (χ0) is 8.67. The first kappa shape index (κ1) is 8.38. The Balaban J connectivity index is 1.67. The van der Waals surface area contributed by atoms with Crippen molar-refractivity contribution in [1.82, 2.24) is 0 Å². The van der Waals surface area contributed by atoms with Crippen LogP contribution in [0.2, 0.25) is 11.6 Å². The second-order valence-electron chi connectivity index (χ2n) is 5.48. The monoisotopic (exact) mass is 175 g/mol. The number of fused-ring (bicyclic) bond motifs is 2. The van der Waals surface area contributed by atoms with Crippen LogP contribution in [0, 0.1) is 11.8 Å². The van der Waals surface area contributed by atoms with Crippen molar-refractivity contribution in [2.75, 3.05) is 0 Å². The molecule has 0 aromatic rings. The van der Waals surface area contributed by atoms with Gasteiger partial charge in [0.25, 0.3) is 0 Å². The Morgan fingerprint density at radius 2 is 1.62 bits per heavy atom. The fourth-order valence-corrected chi connectivity index (χ4v) is 3.83. The lowest BCUT2D eigenvalue weighted by atomic mass is 9.39. The van der Waals surface area contributed by atoms with E-state index in [1.54, 1.807) is 19.3 Å². The van der Waals surface area contributed by atoms with Gasteiger partial charge in [0, 0.05) is 0 Å². The van der Waals surface area contributed by atoms with Crippen molar-refractivity contribution >= 4 is 7.28 Å². The van der Waals surface area contributed by atoms with E-state index in [1.165, 1.54) is 32.1 Å². The summed E-state index contributed by atoms with van der Waals surface area (Å²) in [7, 11) is 2.73. The Morgan fingerprint density at radius 3 is 2.38 bits per heavy atom. The molecule has 1 saturated carbocycles. The molecule has 2 aliphatic heterocycles. The molecule has 0 nitrogen and oxygen atoms in total. The SMILES string of the molecule is [B]1C2CCCC1C(C1CCC1)CC2. The third kappa shape index (κ3) is 1.45. The van der Waals surface area contributed by atoms with Crippen LogP contribution in [0.3, 0.4) is 0 Å². The van der Waals surface area contributed by atoms with Gasteiger partial charge in [-0.3, -0.25) is 0 Å². The first-order valence-corrected chi connectivity index (χ1v) is 6.28. The van der Waals surface area contributed by atoms with Gasteiger partial charge in [-0.2, -0.15) is 0 Å². The summed E-state index contributed by atoms with van der Waals surface area (Å²) < 4.78 is 0. The van der Waals surface area contributed by atoms with Crippen LogP contribution in [0.25, 0.3) is 0 Å². The minimum atomic E-state index is 1.02. The van der Waals surface area contributed by atoms with E-state index in [9.17, 15) is 0 Å². The molecule has 1 heteroatoms. The van der Waals surface area contributed by atoms with Crippen LogP contribution >= 0.6 is 0 Å². The van der Waals surface area contributed by atoms with Crippen LogP contribution in [0.4, 0.5) is 0 Å². The summed E-state index contributed by atoms with van der Waals surface area (Å²) in [6.45, 7) is 0. The standard InChI is InChI=1S/C12H20B/c1-3-9(4-1)11-8-7-10-5-2-6-12(11)13-10/h9-12H,1-8H2. The van der Waals surface area contributed by atoms with Gasteiger partial charge in [-0.25, -0.2) is 0 Å². The molecule has 3 rings (SSSR count). The molecule has 0 aromatic carbocycles. The van der Waals surface area contributed by atoms with Gasteiger partial charge in [0.05, 0.1) is 0 Å². The predicted molar refractivity (Wildman–Crippen MR) is 57.2 cm³/mol. The van der Waals surface area contributed by atoms with E-state index in [2.05, 4.69) is 7.28 Å². The van der Waals surface area contributed by atoms with Crippen molar-refractivity contribution in [3.63, 3.8) is 0 Å². The maximum atomic E-state index is 2.73. The molecule has 0 amide bonds. The maximum Gasteiger partial charge on any atom is 0.118 e. The van der Waals surface area contributed by atoms with E-state index >= 15 is 0 Å². The Labute approximate surface area is 82.7 Å². The highest BCUT2D eigenvalue weighted by molar-refractivity contribution is 6.40. The van der Waals surface area contributed by atoms with Gasteiger partial charge in [-0.1, -0.05) is 63.0 Å². The zero-order valence-corrected chi connectivity index (χ0v) is 8.54. The van der Waals surface area contributed by atoms with E-state index in [0.29, 0.717) is 0 Å². The highest BCUT2D eigenvalue weighted by Crippen LogP contribution is 2.51. The molecule has 3 aliphatic rings. The normalized spacial score (nSPS) is 45.1. The molecule has 13 heavy (non-hydrogen) atoms. The van der Waals surface area contributed by atoms with E-state index in [4.69, 9.17) is 0 Å². The zero-order valence-electron chi connectivity index (χ0n) is 8.54. The molecule has 3 fully saturated rings. The maximum absolute atomic E-state index is 2.73. The molecule has 3 unspecified atom stereocenters. The average molecular weight is 175 g/mol. The van der Waals surface area contributed by atoms with Crippen LogP contribution in [0.15, 0.2) is 0 Å². The van der Waals surface area contributed by atoms with Crippen molar-refractivity contribution in [1.29, 1.82) is 0 Å². The molecule has 2 heterocycles. The van der Waals surface area contributed by atoms with Gasteiger partial charge < -0.3 is 0 Å². The molecule has 1 radical (unpaired) electrons. The van der Waals surface area contributed by atoms with Crippen molar-refractivity contribution < 1.29 is 0 Å². The van der Waals surface area contributed by atoms with E-state index < -0.39 is 0 Å². The Bertz CT molecular complexity index is 186. The Kier molecular flexibility index (Phi) is 2.15. The number of hydrogen-bond donors (Lipinski definition) is 0. The molecule has 0 N–H and O–H groups in total. The largest absolute Gasteiger partial charge is 0.118 e. The highest BCUT2D eigenvalue weighted by atomic mass is 14.4. The second-order valence-corrected chi connectivity index (χ2v) is 5.48. The summed E-state index contributed by atoms with van der Waals surface area (Å²) in [6, 6.07) is 0. The highest BCUT2D eigenvalue weighted by Gasteiger charge is 2.39. The van der Waals surface area contributed by atoms with Crippen molar-refractivity contribution in [2.45, 2.75) is 63.0 Å². The third-order valence-electron chi connectivity index (χ3n) is 4.81. The second kappa shape index (κ2) is 3.33. The average Bonchev–Trinajstić information content (AvgIpc) is 2.08. The molecular weight excluding hydrogens is 155 g/mol. The van der Waals surface area contributed by atoms with Crippen molar-refractivity contribution in [3.05, 3.63) is 0 Å². The summed E-state index contributed by atoms with van der Waals surface area (Å²) in [6.07, 6.45) is 12.3. The van der Waals surface area contributed by atoms with Gasteiger partial charge in [-0.15, -0.1) is 0 Å². The minimum Gasteiger partial charge on any atom is -0.0686 e. The fraction of sp³-hybridized carbons (Fsp3) is 1.00. The Morgan fingerprint density at radius 1 is 0.769 bits per heavy atom. The van der Waals surface area contributed by atoms with E-state index in [0.717, 1.165) is 23.5 Å². The van der Waals surface area contributed by atoms with E-state index in [-0.39, 0.29) is 0 Å². The van der Waals surface area contributed by atoms with Gasteiger partial charge in [0.1, 0.15) is 7.28 Å². The predicted octanol–water partition coefficient (Wildman–Crippen LogP) is 3.66. The summed E-state index contributed by atoms with van der Waals surface area (Å²) >= 11 is 0. The summed E-state index contributed by atoms with van der Waals surface area (Å²) in [4.78, 5) is 0. The molecular formula is C12H20B. The summed E-state index contributed by atoms with van der Waals surface area (Å²) in [5.41, 5.74) is 0. The van der Waals surface area contributed by atoms with Crippen LogP contribution in [0.1, 0.15) is 51.4 Å². The van der Waals surface area contributed by atoms with Gasteiger partial charge in [-0.05, 0) is 11.8 Å². The smallest absolute Gasteiger partial charge is 0.0686 e. The molecule has 71 valence electrons. The van der Waals surface area contributed by atoms with E-state index in [1.807, 2.05) is 0 Å². The van der Waals surface area contributed by atoms with Crippen LogP contribution in [-0.4, -0.2) is 7.28 Å². The topological polar surface area (TPSA) is 0 Å². The third-order valence-corrected chi connectivity index (χ3v) is 4.81.